The van der Waals surface area contributed by atoms with Crippen molar-refractivity contribution >= 4 is 10.0 Å². The second-order valence-corrected chi connectivity index (χ2v) is 6.88. The first-order valence-electron chi connectivity index (χ1n) is 6.77. The highest BCUT2D eigenvalue weighted by Gasteiger charge is 2.31. The fourth-order valence-corrected chi connectivity index (χ4v) is 3.95. The van der Waals surface area contributed by atoms with Crippen molar-refractivity contribution in [1.29, 1.82) is 0 Å². The van der Waals surface area contributed by atoms with Gasteiger partial charge in [-0.3, -0.25) is 0 Å². The molecule has 19 heavy (non-hydrogen) atoms. The van der Waals surface area contributed by atoms with E-state index in [9.17, 15) is 8.42 Å². The first-order valence-corrected chi connectivity index (χ1v) is 8.21. The van der Waals surface area contributed by atoms with Gasteiger partial charge in [-0.15, -0.1) is 0 Å². The molecule has 0 atom stereocenters. The Balaban J connectivity index is 2.05. The maximum Gasteiger partial charge on any atom is 0.276 e. The topological polar surface area (TPSA) is 70.8 Å². The van der Waals surface area contributed by atoms with Crippen LogP contribution in [-0.2, 0) is 16.6 Å². The second-order valence-electron chi connectivity index (χ2n) is 5.01. The summed E-state index contributed by atoms with van der Waals surface area (Å²) in [5.74, 6) is 0.917. The number of sulfonamides is 1. The van der Waals surface area contributed by atoms with E-state index in [0.717, 1.165) is 19.3 Å². The molecule has 2 rings (SSSR count). The minimum atomic E-state index is -3.53. The lowest BCUT2D eigenvalue weighted by Gasteiger charge is -2.30. The highest BCUT2D eigenvalue weighted by molar-refractivity contribution is 7.89. The first-order chi connectivity index (χ1) is 9.07. The van der Waals surface area contributed by atoms with Gasteiger partial charge in [-0.05, 0) is 30.9 Å². The fourth-order valence-electron chi connectivity index (χ4n) is 2.56. The maximum atomic E-state index is 12.3. The van der Waals surface area contributed by atoms with Gasteiger partial charge in [0.05, 0.1) is 0 Å². The van der Waals surface area contributed by atoms with Gasteiger partial charge in [0.1, 0.15) is 12.4 Å². The molecule has 0 radical (unpaired) electrons. The molecule has 6 heteroatoms. The van der Waals surface area contributed by atoms with E-state index in [-0.39, 0.29) is 17.5 Å². The molecule has 0 bridgehead atoms. The number of rotatable bonds is 5. The Morgan fingerprint density at radius 1 is 1.37 bits per heavy atom. The molecule has 0 aliphatic carbocycles. The first kappa shape index (κ1) is 14.6. The van der Waals surface area contributed by atoms with Gasteiger partial charge in [-0.2, -0.15) is 4.31 Å². The Morgan fingerprint density at radius 3 is 2.58 bits per heavy atom. The average molecular weight is 287 g/mol. The predicted molar refractivity (Wildman–Crippen MR) is 71.0 cm³/mol. The molecule has 1 fully saturated rings. The van der Waals surface area contributed by atoms with Crippen LogP contribution in [0.1, 0.15) is 38.4 Å². The molecule has 1 saturated heterocycles. The Hall–Kier alpha value is -0.850. The van der Waals surface area contributed by atoms with E-state index in [0.29, 0.717) is 19.0 Å². The number of furan rings is 1. The van der Waals surface area contributed by atoms with E-state index in [1.165, 1.54) is 22.9 Å². The van der Waals surface area contributed by atoms with Crippen LogP contribution in [0.5, 0.6) is 0 Å². The van der Waals surface area contributed by atoms with Gasteiger partial charge < -0.3 is 9.52 Å². The van der Waals surface area contributed by atoms with Crippen LogP contribution in [0.15, 0.2) is 21.6 Å². The van der Waals surface area contributed by atoms with Gasteiger partial charge in [-0.1, -0.05) is 19.8 Å². The fraction of sp³-hybridized carbons (Fsp3) is 0.692. The van der Waals surface area contributed by atoms with Crippen molar-refractivity contribution in [2.75, 3.05) is 13.1 Å². The molecule has 1 aliphatic rings. The molecule has 0 unspecified atom stereocenters. The third kappa shape index (κ3) is 3.19. The van der Waals surface area contributed by atoms with Crippen molar-refractivity contribution in [3.63, 3.8) is 0 Å². The zero-order valence-electron chi connectivity index (χ0n) is 11.2. The lowest BCUT2D eigenvalue weighted by atomic mass is 9.94. The summed E-state index contributed by atoms with van der Waals surface area (Å²) in [7, 11) is -3.53. The highest BCUT2D eigenvalue weighted by atomic mass is 32.2. The van der Waals surface area contributed by atoms with Crippen molar-refractivity contribution in [2.45, 2.75) is 44.3 Å². The van der Waals surface area contributed by atoms with Crippen LogP contribution >= 0.6 is 0 Å². The molecule has 1 N–H and O–H groups in total. The Kier molecular flexibility index (Phi) is 4.65. The zero-order valence-corrected chi connectivity index (χ0v) is 12.0. The largest absolute Gasteiger partial charge is 0.446 e. The van der Waals surface area contributed by atoms with E-state index in [4.69, 9.17) is 9.52 Å². The Labute approximate surface area is 114 Å². The lowest BCUT2D eigenvalue weighted by Crippen LogP contribution is -2.38. The van der Waals surface area contributed by atoms with Crippen LogP contribution in [0, 0.1) is 5.92 Å². The standard InChI is InChI=1S/C13H21NO4S/c1-2-3-11-6-8-14(9-7-11)19(16,17)13-5-4-12(10-15)18-13/h4-5,11,15H,2-3,6-10H2,1H3. The molecule has 0 spiro atoms. The van der Waals surface area contributed by atoms with Crippen molar-refractivity contribution in [3.8, 4) is 0 Å². The quantitative estimate of drug-likeness (QED) is 0.899. The summed E-state index contributed by atoms with van der Waals surface area (Å²) in [6.07, 6.45) is 4.15. The Morgan fingerprint density at radius 2 is 2.05 bits per heavy atom. The summed E-state index contributed by atoms with van der Waals surface area (Å²) >= 11 is 0. The summed E-state index contributed by atoms with van der Waals surface area (Å²) in [6, 6.07) is 2.91. The van der Waals surface area contributed by atoms with Crippen LogP contribution in [0.25, 0.3) is 0 Å². The minimum Gasteiger partial charge on any atom is -0.446 e. The SMILES string of the molecule is CCCC1CCN(S(=O)(=O)c2ccc(CO)o2)CC1. The average Bonchev–Trinajstić information content (AvgIpc) is 2.89. The smallest absolute Gasteiger partial charge is 0.276 e. The summed E-state index contributed by atoms with van der Waals surface area (Å²) in [4.78, 5) is 0. The van der Waals surface area contributed by atoms with Crippen LogP contribution in [0.2, 0.25) is 0 Å². The van der Waals surface area contributed by atoms with Gasteiger partial charge in [-0.25, -0.2) is 8.42 Å². The molecule has 1 aromatic rings. The molecule has 108 valence electrons. The van der Waals surface area contributed by atoms with E-state index >= 15 is 0 Å². The molecule has 1 aliphatic heterocycles. The van der Waals surface area contributed by atoms with Crippen LogP contribution in [0.3, 0.4) is 0 Å². The summed E-state index contributed by atoms with van der Waals surface area (Å²) in [5.41, 5.74) is 0. The highest BCUT2D eigenvalue weighted by Crippen LogP contribution is 2.27. The third-order valence-corrected chi connectivity index (χ3v) is 5.43. The molecular formula is C13H21NO4S. The normalized spacial score (nSPS) is 18.8. The van der Waals surface area contributed by atoms with Gasteiger partial charge in [0.25, 0.3) is 10.0 Å². The molecule has 0 amide bonds. The monoisotopic (exact) mass is 287 g/mol. The Bertz CT molecular complexity index is 500. The summed E-state index contributed by atoms with van der Waals surface area (Å²) in [6.45, 7) is 2.99. The van der Waals surface area contributed by atoms with Crippen molar-refractivity contribution in [3.05, 3.63) is 17.9 Å². The van der Waals surface area contributed by atoms with Gasteiger partial charge in [0, 0.05) is 13.1 Å². The number of nitrogens with zero attached hydrogens (tertiary/aromatic N) is 1. The maximum absolute atomic E-state index is 12.3. The van der Waals surface area contributed by atoms with Crippen molar-refractivity contribution in [1.82, 2.24) is 4.31 Å². The number of hydrogen-bond acceptors (Lipinski definition) is 4. The van der Waals surface area contributed by atoms with Gasteiger partial charge >= 0.3 is 0 Å². The van der Waals surface area contributed by atoms with E-state index in [1.807, 2.05) is 0 Å². The minimum absolute atomic E-state index is 0.0644. The van der Waals surface area contributed by atoms with Gasteiger partial charge in [0.15, 0.2) is 0 Å². The van der Waals surface area contributed by atoms with E-state index < -0.39 is 10.0 Å². The van der Waals surface area contributed by atoms with E-state index in [1.54, 1.807) is 0 Å². The lowest BCUT2D eigenvalue weighted by molar-refractivity contribution is 0.230. The second kappa shape index (κ2) is 6.07. The van der Waals surface area contributed by atoms with Crippen molar-refractivity contribution < 1.29 is 17.9 Å². The molecule has 2 heterocycles. The predicted octanol–water partition coefficient (Wildman–Crippen LogP) is 1.97. The molecule has 5 nitrogen and oxygen atoms in total. The zero-order chi connectivity index (χ0) is 13.9. The number of aliphatic hydroxyl groups excluding tert-OH is 1. The molecular weight excluding hydrogens is 266 g/mol. The molecule has 0 saturated carbocycles. The summed E-state index contributed by atoms with van der Waals surface area (Å²) < 4.78 is 31.3. The van der Waals surface area contributed by atoms with Crippen LogP contribution < -0.4 is 0 Å². The van der Waals surface area contributed by atoms with Crippen LogP contribution in [-0.4, -0.2) is 30.9 Å². The number of hydrogen-bond donors (Lipinski definition) is 1. The number of aliphatic hydroxyl groups is 1. The number of piperidine rings is 1. The molecule has 1 aromatic heterocycles. The van der Waals surface area contributed by atoms with E-state index in [2.05, 4.69) is 6.92 Å². The summed E-state index contributed by atoms with van der Waals surface area (Å²) in [5, 5.41) is 8.85. The molecule has 0 aromatic carbocycles. The van der Waals surface area contributed by atoms with Crippen molar-refractivity contribution in [2.24, 2.45) is 5.92 Å². The van der Waals surface area contributed by atoms with Gasteiger partial charge in [0.2, 0.25) is 5.09 Å². The van der Waals surface area contributed by atoms with Crippen LogP contribution in [0.4, 0.5) is 0 Å². The third-order valence-electron chi connectivity index (χ3n) is 3.66.